The van der Waals surface area contributed by atoms with E-state index in [0.29, 0.717) is 11.0 Å². The molecular weight excluding hydrogens is 238 g/mol. The van der Waals surface area contributed by atoms with Gasteiger partial charge in [-0.2, -0.15) is 0 Å². The molecule has 0 aliphatic carbocycles. The van der Waals surface area contributed by atoms with Crippen molar-refractivity contribution in [1.82, 2.24) is 10.3 Å². The van der Waals surface area contributed by atoms with E-state index >= 15 is 0 Å². The zero-order valence-corrected chi connectivity index (χ0v) is 11.3. The largest absolute Gasteiger partial charge is 0.437 e. The molecule has 1 atom stereocenters. The topological polar surface area (TPSA) is 81.2 Å². The number of aromatic nitrogens is 1. The van der Waals surface area contributed by atoms with Gasteiger partial charge in [0, 0.05) is 5.75 Å². The van der Waals surface area contributed by atoms with Gasteiger partial charge in [-0.25, -0.2) is 4.98 Å². The molecule has 6 heteroatoms. The molecule has 17 heavy (non-hydrogen) atoms. The van der Waals surface area contributed by atoms with E-state index in [0.717, 1.165) is 24.4 Å². The molecule has 5 nitrogen and oxygen atoms in total. The average Bonchev–Trinajstić information content (AvgIpc) is 2.58. The van der Waals surface area contributed by atoms with Crippen LogP contribution in [0.25, 0.3) is 0 Å². The van der Waals surface area contributed by atoms with Crippen LogP contribution in [0.2, 0.25) is 0 Å². The van der Waals surface area contributed by atoms with Gasteiger partial charge in [0.2, 0.25) is 5.91 Å². The van der Waals surface area contributed by atoms with Crippen molar-refractivity contribution in [3.8, 4) is 0 Å². The van der Waals surface area contributed by atoms with Crippen molar-refractivity contribution in [2.24, 2.45) is 5.73 Å². The van der Waals surface area contributed by atoms with Gasteiger partial charge in [-0.05, 0) is 26.8 Å². The first-order chi connectivity index (χ1) is 8.04. The first-order valence-corrected chi connectivity index (χ1v) is 6.62. The number of thioether (sulfide) groups is 1. The molecule has 96 valence electrons. The number of rotatable bonds is 7. The van der Waals surface area contributed by atoms with E-state index in [1.165, 1.54) is 11.8 Å². The summed E-state index contributed by atoms with van der Waals surface area (Å²) in [6, 6.07) is -0.340. The zero-order valence-electron chi connectivity index (χ0n) is 10.4. The third-order valence-corrected chi connectivity index (χ3v) is 3.29. The molecule has 1 rings (SSSR count). The van der Waals surface area contributed by atoms with Crippen LogP contribution in [0.5, 0.6) is 0 Å². The molecule has 1 unspecified atom stereocenters. The molecule has 0 spiro atoms. The summed E-state index contributed by atoms with van der Waals surface area (Å²) in [4.78, 5) is 15.4. The highest BCUT2D eigenvalue weighted by atomic mass is 32.2. The maximum absolute atomic E-state index is 11.2. The Hall–Kier alpha value is -1.01. The minimum absolute atomic E-state index is 0.340. The van der Waals surface area contributed by atoms with E-state index in [9.17, 15) is 4.79 Å². The third kappa shape index (κ3) is 4.40. The maximum Gasteiger partial charge on any atom is 0.256 e. The maximum atomic E-state index is 11.2. The van der Waals surface area contributed by atoms with E-state index in [2.05, 4.69) is 10.3 Å². The van der Waals surface area contributed by atoms with Gasteiger partial charge in [0.15, 0.2) is 0 Å². The lowest BCUT2D eigenvalue weighted by Gasteiger charge is -2.12. The number of hydrogen-bond acceptors (Lipinski definition) is 5. The minimum atomic E-state index is -0.342. The van der Waals surface area contributed by atoms with Crippen molar-refractivity contribution in [3.05, 3.63) is 11.5 Å². The number of aryl methyl sites for hydroxylation is 2. The van der Waals surface area contributed by atoms with Crippen molar-refractivity contribution in [3.63, 3.8) is 0 Å². The number of nitrogens with zero attached hydrogens (tertiary/aromatic N) is 1. The Kier molecular flexibility index (Phi) is 5.50. The fraction of sp³-hybridized carbons (Fsp3) is 0.636. The monoisotopic (exact) mass is 257 g/mol. The second-order valence-electron chi connectivity index (χ2n) is 3.84. The quantitative estimate of drug-likeness (QED) is 0.718. The van der Waals surface area contributed by atoms with Crippen molar-refractivity contribution in [2.45, 2.75) is 38.5 Å². The third-order valence-electron chi connectivity index (χ3n) is 2.37. The SMILES string of the molecule is CCCNC(CSc1nc(C)c(C)o1)C(N)=O. The van der Waals surface area contributed by atoms with Gasteiger partial charge in [-0.3, -0.25) is 4.79 Å². The second kappa shape index (κ2) is 6.66. The molecule has 1 aromatic heterocycles. The van der Waals surface area contributed by atoms with Crippen LogP contribution < -0.4 is 11.1 Å². The molecule has 0 bridgehead atoms. The number of carbonyl (C=O) groups is 1. The number of hydrogen-bond donors (Lipinski definition) is 2. The summed E-state index contributed by atoms with van der Waals surface area (Å²) >= 11 is 1.40. The lowest BCUT2D eigenvalue weighted by Crippen LogP contribution is -2.43. The molecule has 0 saturated carbocycles. The van der Waals surface area contributed by atoms with Crippen LogP contribution in [0.1, 0.15) is 24.8 Å². The summed E-state index contributed by atoms with van der Waals surface area (Å²) in [5, 5.41) is 3.68. The van der Waals surface area contributed by atoms with Crippen LogP contribution in [0, 0.1) is 13.8 Å². The molecule has 0 aromatic carbocycles. The predicted molar refractivity (Wildman–Crippen MR) is 68.0 cm³/mol. The normalized spacial score (nSPS) is 12.6. The fourth-order valence-electron chi connectivity index (χ4n) is 1.22. The van der Waals surface area contributed by atoms with Crippen molar-refractivity contribution < 1.29 is 9.21 Å². The lowest BCUT2D eigenvalue weighted by atomic mass is 10.3. The highest BCUT2D eigenvalue weighted by Gasteiger charge is 2.16. The summed E-state index contributed by atoms with van der Waals surface area (Å²) in [5.74, 6) is 1.00. The van der Waals surface area contributed by atoms with Crippen LogP contribution in [0.4, 0.5) is 0 Å². The van der Waals surface area contributed by atoms with Gasteiger partial charge >= 0.3 is 0 Å². The van der Waals surface area contributed by atoms with Gasteiger partial charge < -0.3 is 15.5 Å². The summed E-state index contributed by atoms with van der Waals surface area (Å²) in [6.45, 7) is 6.58. The van der Waals surface area contributed by atoms with E-state index in [1.54, 1.807) is 0 Å². The van der Waals surface area contributed by atoms with Crippen molar-refractivity contribution in [1.29, 1.82) is 0 Å². The highest BCUT2D eigenvalue weighted by Crippen LogP contribution is 2.20. The Bertz CT molecular complexity index is 359. The van der Waals surface area contributed by atoms with Gasteiger partial charge in [0.25, 0.3) is 5.22 Å². The van der Waals surface area contributed by atoms with Gasteiger partial charge in [-0.15, -0.1) is 0 Å². The summed E-state index contributed by atoms with van der Waals surface area (Å²) in [6.07, 6.45) is 0.964. The van der Waals surface area contributed by atoms with Gasteiger partial charge in [0.1, 0.15) is 5.76 Å². The van der Waals surface area contributed by atoms with Crippen LogP contribution >= 0.6 is 11.8 Å². The molecule has 1 aromatic rings. The first-order valence-electron chi connectivity index (χ1n) is 5.64. The number of carbonyl (C=O) groups excluding carboxylic acids is 1. The summed E-state index contributed by atoms with van der Waals surface area (Å²) < 4.78 is 5.42. The number of nitrogens with two attached hydrogens (primary N) is 1. The van der Waals surface area contributed by atoms with Gasteiger partial charge in [-0.1, -0.05) is 18.7 Å². The molecule has 3 N–H and O–H groups in total. The van der Waals surface area contributed by atoms with Crippen molar-refractivity contribution in [2.75, 3.05) is 12.3 Å². The summed E-state index contributed by atoms with van der Waals surface area (Å²) in [5.41, 5.74) is 6.19. The predicted octanol–water partition coefficient (Wildman–Crippen LogP) is 1.24. The Morgan fingerprint density at radius 3 is 2.76 bits per heavy atom. The Morgan fingerprint density at radius 2 is 2.29 bits per heavy atom. The molecule has 0 saturated heterocycles. The molecule has 1 amide bonds. The second-order valence-corrected chi connectivity index (χ2v) is 4.81. The van der Waals surface area contributed by atoms with Crippen LogP contribution in [0.15, 0.2) is 9.64 Å². The Morgan fingerprint density at radius 1 is 1.59 bits per heavy atom. The number of nitrogens with one attached hydrogen (secondary N) is 1. The Labute approximate surface area is 106 Å². The highest BCUT2D eigenvalue weighted by molar-refractivity contribution is 7.99. The van der Waals surface area contributed by atoms with E-state index in [4.69, 9.17) is 10.2 Å². The number of amides is 1. The molecule has 0 aliphatic heterocycles. The fourth-order valence-corrected chi connectivity index (χ4v) is 2.20. The molecule has 0 fully saturated rings. The smallest absolute Gasteiger partial charge is 0.256 e. The van der Waals surface area contributed by atoms with Crippen LogP contribution in [-0.4, -0.2) is 29.2 Å². The van der Waals surface area contributed by atoms with Crippen molar-refractivity contribution >= 4 is 17.7 Å². The zero-order chi connectivity index (χ0) is 12.8. The summed E-state index contributed by atoms with van der Waals surface area (Å²) in [7, 11) is 0. The minimum Gasteiger partial charge on any atom is -0.437 e. The number of oxazole rings is 1. The standard InChI is InChI=1S/C11H19N3O2S/c1-4-5-13-9(10(12)15)6-17-11-14-7(2)8(3)16-11/h9,13H,4-6H2,1-3H3,(H2,12,15). The average molecular weight is 257 g/mol. The molecule has 1 heterocycles. The van der Waals surface area contributed by atoms with E-state index in [1.807, 2.05) is 20.8 Å². The van der Waals surface area contributed by atoms with Crippen LogP contribution in [0.3, 0.4) is 0 Å². The molecular formula is C11H19N3O2S. The first kappa shape index (κ1) is 14.1. The van der Waals surface area contributed by atoms with E-state index < -0.39 is 0 Å². The lowest BCUT2D eigenvalue weighted by molar-refractivity contribution is -0.119. The molecule has 0 aliphatic rings. The number of primary amides is 1. The van der Waals surface area contributed by atoms with E-state index in [-0.39, 0.29) is 11.9 Å². The van der Waals surface area contributed by atoms with Gasteiger partial charge in [0.05, 0.1) is 11.7 Å². The van der Waals surface area contributed by atoms with Crippen LogP contribution in [-0.2, 0) is 4.79 Å². The Balaban J connectivity index is 2.48. The molecule has 0 radical (unpaired) electrons.